The van der Waals surface area contributed by atoms with Gasteiger partial charge in [0, 0.05) is 0 Å². The van der Waals surface area contributed by atoms with Crippen LogP contribution in [0.15, 0.2) is 182 Å². The first-order valence-corrected chi connectivity index (χ1v) is 22.1. The van der Waals surface area contributed by atoms with Crippen LogP contribution in [0, 0.1) is 0 Å². The SMILES string of the molecule is CP(Cc1ccc2ccccc2c1-c1cccc2ccccc12)c1ccccc1P(C)Cc1ccc2ccccc2c1-c1cccc2ccccc12. The molecule has 0 aliphatic heterocycles. The average Bonchev–Trinajstić information content (AvgIpc) is 3.20. The van der Waals surface area contributed by atoms with Crippen molar-refractivity contribution >= 4 is 69.5 Å². The maximum atomic E-state index is 2.50. The van der Waals surface area contributed by atoms with Crippen LogP contribution in [0.1, 0.15) is 11.1 Å². The van der Waals surface area contributed by atoms with E-state index in [1.807, 2.05) is 0 Å². The van der Waals surface area contributed by atoms with Crippen LogP contribution in [0.3, 0.4) is 0 Å². The third-order valence-corrected chi connectivity index (χ3v) is 14.9. The Morgan fingerprint density at radius 3 is 1.06 bits per heavy atom. The zero-order valence-corrected chi connectivity index (χ0v) is 31.4. The third-order valence-electron chi connectivity index (χ3n) is 10.7. The van der Waals surface area contributed by atoms with Crippen molar-refractivity contribution in [2.75, 3.05) is 13.3 Å². The second kappa shape index (κ2) is 14.1. The van der Waals surface area contributed by atoms with Crippen molar-refractivity contribution in [3.8, 4) is 22.3 Å². The molecule has 9 rings (SSSR count). The molecule has 52 heavy (non-hydrogen) atoms. The smallest absolute Gasteiger partial charge is 0.00287 e. The molecule has 0 aliphatic carbocycles. The lowest BCUT2D eigenvalue weighted by molar-refractivity contribution is 1.41. The summed E-state index contributed by atoms with van der Waals surface area (Å²) in [4.78, 5) is 0. The molecule has 0 fully saturated rings. The molecule has 250 valence electrons. The van der Waals surface area contributed by atoms with Gasteiger partial charge in [-0.15, -0.1) is 0 Å². The normalized spacial score (nSPS) is 12.8. The third kappa shape index (κ3) is 6.01. The summed E-state index contributed by atoms with van der Waals surface area (Å²) in [5.74, 6) is 0. The van der Waals surface area contributed by atoms with Gasteiger partial charge in [-0.25, -0.2) is 0 Å². The van der Waals surface area contributed by atoms with Gasteiger partial charge in [-0.05, 0) is 113 Å². The zero-order valence-electron chi connectivity index (χ0n) is 29.6. The molecule has 0 nitrogen and oxygen atoms in total. The first-order chi connectivity index (χ1) is 25.6. The molecule has 2 heteroatoms. The van der Waals surface area contributed by atoms with Crippen molar-refractivity contribution in [2.24, 2.45) is 0 Å². The van der Waals surface area contributed by atoms with Gasteiger partial charge in [0.1, 0.15) is 0 Å². The quantitative estimate of drug-likeness (QED) is 0.138. The highest BCUT2D eigenvalue weighted by molar-refractivity contribution is 7.70. The second-order valence-corrected chi connectivity index (χ2v) is 18.3. The molecule has 0 radical (unpaired) electrons. The number of rotatable bonds is 8. The van der Waals surface area contributed by atoms with Crippen LogP contribution in [0.4, 0.5) is 0 Å². The van der Waals surface area contributed by atoms with E-state index in [1.165, 1.54) is 87.1 Å². The Labute approximate surface area is 309 Å². The first kappa shape index (κ1) is 32.8. The summed E-state index contributed by atoms with van der Waals surface area (Å²) in [6.07, 6.45) is 2.08. The molecule has 0 aliphatic rings. The van der Waals surface area contributed by atoms with E-state index in [-0.39, 0.29) is 0 Å². The summed E-state index contributed by atoms with van der Waals surface area (Å²) in [6.45, 7) is 4.99. The van der Waals surface area contributed by atoms with E-state index in [0.717, 1.165) is 12.3 Å². The van der Waals surface area contributed by atoms with Crippen molar-refractivity contribution in [3.05, 3.63) is 193 Å². The minimum Gasteiger partial charge on any atom is -0.0733 e. The van der Waals surface area contributed by atoms with E-state index in [2.05, 4.69) is 195 Å². The van der Waals surface area contributed by atoms with Gasteiger partial charge < -0.3 is 0 Å². The van der Waals surface area contributed by atoms with Gasteiger partial charge in [0.15, 0.2) is 0 Å². The van der Waals surface area contributed by atoms with Gasteiger partial charge in [0.05, 0.1) is 0 Å². The number of benzene rings is 9. The Hall–Kier alpha value is -5.12. The molecular formula is C50H40P2. The molecule has 0 N–H and O–H groups in total. The van der Waals surface area contributed by atoms with E-state index in [1.54, 1.807) is 0 Å². The van der Waals surface area contributed by atoms with Gasteiger partial charge in [-0.1, -0.05) is 198 Å². The Kier molecular flexibility index (Phi) is 8.90. The van der Waals surface area contributed by atoms with E-state index in [9.17, 15) is 0 Å². The first-order valence-electron chi connectivity index (χ1n) is 18.1. The molecule has 2 unspecified atom stereocenters. The zero-order chi connectivity index (χ0) is 35.0. The van der Waals surface area contributed by atoms with Crippen LogP contribution in [0.2, 0.25) is 0 Å². The van der Waals surface area contributed by atoms with E-state index >= 15 is 0 Å². The van der Waals surface area contributed by atoms with Gasteiger partial charge in [0.25, 0.3) is 0 Å². The summed E-state index contributed by atoms with van der Waals surface area (Å²) < 4.78 is 0. The average molecular weight is 703 g/mol. The van der Waals surface area contributed by atoms with Crippen LogP contribution in [0.25, 0.3) is 65.3 Å². The lowest BCUT2D eigenvalue weighted by Crippen LogP contribution is -2.22. The number of fused-ring (bicyclic) bond motifs is 4. The van der Waals surface area contributed by atoms with Crippen molar-refractivity contribution in [2.45, 2.75) is 12.3 Å². The summed E-state index contributed by atoms with van der Waals surface area (Å²) in [7, 11) is -0.944. The highest BCUT2D eigenvalue weighted by Gasteiger charge is 2.21. The molecule has 0 saturated heterocycles. The van der Waals surface area contributed by atoms with E-state index in [4.69, 9.17) is 0 Å². The molecule has 0 saturated carbocycles. The highest BCUT2D eigenvalue weighted by Crippen LogP contribution is 2.46. The standard InChI is InChI=1S/C50H40P2/c1-51(33-39-31-29-37-17-5-9-23-43(37)49(39)45-25-13-19-35-15-3-7-21-41(35)45)47-27-11-12-28-48(47)52(2)34-40-32-30-38-18-6-10-24-44(38)50(40)46-26-14-20-36-16-4-8-22-42(36)46/h3-32H,33-34H2,1-2H3. The topological polar surface area (TPSA) is 0 Å². The molecule has 0 spiro atoms. The van der Waals surface area contributed by atoms with Crippen LogP contribution in [-0.2, 0) is 12.3 Å². The maximum Gasteiger partial charge on any atom is -0.00287 e. The fourth-order valence-electron chi connectivity index (χ4n) is 8.21. The summed E-state index contributed by atoms with van der Waals surface area (Å²) in [5.41, 5.74) is 8.30. The van der Waals surface area contributed by atoms with E-state index in [0.29, 0.717) is 0 Å². The lowest BCUT2D eigenvalue weighted by atomic mass is 9.91. The number of hydrogen-bond acceptors (Lipinski definition) is 0. The van der Waals surface area contributed by atoms with E-state index < -0.39 is 15.8 Å². The molecule has 0 bridgehead atoms. The minimum absolute atomic E-state index is 0.472. The molecule has 9 aromatic carbocycles. The molecule has 2 atom stereocenters. The second-order valence-electron chi connectivity index (χ2n) is 13.9. The summed E-state index contributed by atoms with van der Waals surface area (Å²) in [6, 6.07) is 67.8. The van der Waals surface area contributed by atoms with Gasteiger partial charge in [-0.2, -0.15) is 0 Å². The largest absolute Gasteiger partial charge is 0.0733 e. The van der Waals surface area contributed by atoms with Crippen LogP contribution >= 0.6 is 15.8 Å². The summed E-state index contributed by atoms with van der Waals surface area (Å²) in [5, 5.41) is 13.6. The van der Waals surface area contributed by atoms with Gasteiger partial charge in [-0.3, -0.25) is 0 Å². The van der Waals surface area contributed by atoms with Crippen LogP contribution in [-0.4, -0.2) is 13.3 Å². The molecule has 0 aromatic heterocycles. The van der Waals surface area contributed by atoms with Crippen molar-refractivity contribution < 1.29 is 0 Å². The van der Waals surface area contributed by atoms with Gasteiger partial charge in [0.2, 0.25) is 0 Å². The Morgan fingerprint density at radius 2 is 0.635 bits per heavy atom. The van der Waals surface area contributed by atoms with Crippen molar-refractivity contribution in [3.63, 3.8) is 0 Å². The fraction of sp³-hybridized carbons (Fsp3) is 0.0800. The highest BCUT2D eigenvalue weighted by atomic mass is 31.1. The van der Waals surface area contributed by atoms with Gasteiger partial charge >= 0.3 is 0 Å². The monoisotopic (exact) mass is 702 g/mol. The maximum absolute atomic E-state index is 2.50. The predicted octanol–water partition coefficient (Wildman–Crippen LogP) is 13.5. The number of hydrogen-bond donors (Lipinski definition) is 0. The minimum atomic E-state index is -0.472. The summed E-state index contributed by atoms with van der Waals surface area (Å²) >= 11 is 0. The van der Waals surface area contributed by atoms with Crippen molar-refractivity contribution in [1.82, 2.24) is 0 Å². The molecule has 9 aromatic rings. The molecular weight excluding hydrogens is 662 g/mol. The lowest BCUT2D eigenvalue weighted by Gasteiger charge is -2.24. The Morgan fingerprint density at radius 1 is 0.308 bits per heavy atom. The van der Waals surface area contributed by atoms with Crippen LogP contribution in [0.5, 0.6) is 0 Å². The Bertz CT molecular complexity index is 2540. The fourth-order valence-corrected chi connectivity index (χ4v) is 12.7. The predicted molar refractivity (Wildman–Crippen MR) is 233 cm³/mol. The Balaban J connectivity index is 1.11. The van der Waals surface area contributed by atoms with Crippen molar-refractivity contribution in [1.29, 1.82) is 0 Å². The molecule has 0 heterocycles. The van der Waals surface area contributed by atoms with Crippen LogP contribution < -0.4 is 10.6 Å². The molecule has 0 amide bonds.